The third-order valence-corrected chi connectivity index (χ3v) is 5.32. The summed E-state index contributed by atoms with van der Waals surface area (Å²) in [6.07, 6.45) is 4.66. The lowest BCUT2D eigenvalue weighted by molar-refractivity contribution is -0.122. The molecule has 1 heterocycles. The Morgan fingerprint density at radius 3 is 2.31 bits per heavy atom. The predicted octanol–water partition coefficient (Wildman–Crippen LogP) is 4.67. The summed E-state index contributed by atoms with van der Waals surface area (Å²) in [6.45, 7) is 5.35. The molecule has 0 aliphatic carbocycles. The number of para-hydroxylation sites is 1. The summed E-state index contributed by atoms with van der Waals surface area (Å²) in [5, 5.41) is 2.88. The van der Waals surface area contributed by atoms with Crippen molar-refractivity contribution in [3.8, 4) is 5.75 Å². The van der Waals surface area contributed by atoms with Crippen molar-refractivity contribution in [3.05, 3.63) is 59.7 Å². The number of carbonyl (C=O) groups excluding carboxylic acids is 2. The first-order valence-corrected chi connectivity index (χ1v) is 10.5. The highest BCUT2D eigenvalue weighted by atomic mass is 16.5. The molecule has 3 rings (SSSR count). The third-order valence-electron chi connectivity index (χ3n) is 5.32. The van der Waals surface area contributed by atoms with Crippen molar-refractivity contribution in [1.29, 1.82) is 0 Å². The summed E-state index contributed by atoms with van der Waals surface area (Å²) >= 11 is 0. The lowest BCUT2D eigenvalue weighted by atomic mass is 10.1. The lowest BCUT2D eigenvalue weighted by Gasteiger charge is -2.22. The van der Waals surface area contributed by atoms with Gasteiger partial charge < -0.3 is 15.0 Å². The Kier molecular flexibility index (Phi) is 7.28. The first-order chi connectivity index (χ1) is 14.1. The van der Waals surface area contributed by atoms with Gasteiger partial charge in [-0.3, -0.25) is 9.59 Å². The average Bonchev–Trinajstić information content (AvgIpc) is 3.04. The van der Waals surface area contributed by atoms with Gasteiger partial charge in [-0.2, -0.15) is 0 Å². The summed E-state index contributed by atoms with van der Waals surface area (Å²) in [4.78, 5) is 27.6. The molecule has 1 aliphatic rings. The number of hydrogen-bond acceptors (Lipinski definition) is 3. The molecule has 29 heavy (non-hydrogen) atoms. The maximum Gasteiger partial charge on any atom is 0.265 e. The van der Waals surface area contributed by atoms with Crippen LogP contribution < -0.4 is 10.1 Å². The Balaban J connectivity index is 1.67. The fraction of sp³-hybridized carbons (Fsp3) is 0.417. The number of anilines is 1. The van der Waals surface area contributed by atoms with Crippen LogP contribution in [0.25, 0.3) is 0 Å². The van der Waals surface area contributed by atoms with Gasteiger partial charge in [-0.1, -0.05) is 44.0 Å². The molecule has 1 saturated heterocycles. The van der Waals surface area contributed by atoms with Crippen molar-refractivity contribution in [2.75, 3.05) is 18.4 Å². The van der Waals surface area contributed by atoms with Crippen LogP contribution in [-0.4, -0.2) is 35.9 Å². The molecule has 2 aromatic rings. The Bertz CT molecular complexity index is 824. The van der Waals surface area contributed by atoms with Crippen LogP contribution in [0.3, 0.4) is 0 Å². The van der Waals surface area contributed by atoms with E-state index in [1.54, 1.807) is 19.1 Å². The van der Waals surface area contributed by atoms with Gasteiger partial charge in [0.15, 0.2) is 6.10 Å². The number of rotatable bonds is 6. The normalized spacial score (nSPS) is 15.3. The van der Waals surface area contributed by atoms with E-state index in [1.807, 2.05) is 41.3 Å². The van der Waals surface area contributed by atoms with E-state index in [-0.39, 0.29) is 11.8 Å². The lowest BCUT2D eigenvalue weighted by Crippen LogP contribution is -2.34. The van der Waals surface area contributed by atoms with Crippen molar-refractivity contribution in [2.24, 2.45) is 0 Å². The molecule has 0 unspecified atom stereocenters. The topological polar surface area (TPSA) is 58.6 Å². The number of ether oxygens (including phenoxy) is 1. The van der Waals surface area contributed by atoms with Crippen molar-refractivity contribution in [3.63, 3.8) is 0 Å². The number of nitrogens with zero attached hydrogens (tertiary/aromatic N) is 1. The number of benzene rings is 2. The van der Waals surface area contributed by atoms with Gasteiger partial charge in [-0.05, 0) is 56.0 Å². The second-order valence-electron chi connectivity index (χ2n) is 7.50. The van der Waals surface area contributed by atoms with Crippen LogP contribution in [0.5, 0.6) is 5.75 Å². The summed E-state index contributed by atoms with van der Waals surface area (Å²) < 4.78 is 5.77. The maximum absolute atomic E-state index is 13.0. The van der Waals surface area contributed by atoms with Crippen molar-refractivity contribution < 1.29 is 14.3 Å². The van der Waals surface area contributed by atoms with Crippen LogP contribution in [0.15, 0.2) is 48.5 Å². The molecule has 0 saturated carbocycles. The minimum absolute atomic E-state index is 0.0217. The van der Waals surface area contributed by atoms with Crippen LogP contribution in [-0.2, 0) is 11.2 Å². The summed E-state index contributed by atoms with van der Waals surface area (Å²) in [5.74, 6) is 0.353. The molecule has 2 aromatic carbocycles. The van der Waals surface area contributed by atoms with Crippen molar-refractivity contribution >= 4 is 17.5 Å². The van der Waals surface area contributed by atoms with Crippen LogP contribution in [0.4, 0.5) is 5.69 Å². The van der Waals surface area contributed by atoms with Gasteiger partial charge >= 0.3 is 0 Å². The summed E-state index contributed by atoms with van der Waals surface area (Å²) in [5.41, 5.74) is 2.28. The van der Waals surface area contributed by atoms with Gasteiger partial charge in [-0.25, -0.2) is 0 Å². The maximum atomic E-state index is 13.0. The second kappa shape index (κ2) is 10.1. The number of carbonyl (C=O) groups is 2. The number of aryl methyl sites for hydroxylation is 1. The first-order valence-electron chi connectivity index (χ1n) is 10.5. The van der Waals surface area contributed by atoms with Crippen LogP contribution in [0.1, 0.15) is 55.5 Å². The van der Waals surface area contributed by atoms with E-state index in [9.17, 15) is 9.59 Å². The molecule has 5 heteroatoms. The Hall–Kier alpha value is -2.82. The molecule has 0 spiro atoms. The predicted molar refractivity (Wildman–Crippen MR) is 115 cm³/mol. The quantitative estimate of drug-likeness (QED) is 0.774. The fourth-order valence-electron chi connectivity index (χ4n) is 3.52. The molecular weight excluding hydrogens is 364 g/mol. The van der Waals surface area contributed by atoms with Crippen LogP contribution >= 0.6 is 0 Å². The van der Waals surface area contributed by atoms with E-state index in [0.29, 0.717) is 17.0 Å². The smallest absolute Gasteiger partial charge is 0.265 e. The average molecular weight is 395 g/mol. The Morgan fingerprint density at radius 1 is 1.00 bits per heavy atom. The minimum atomic E-state index is -0.677. The van der Waals surface area contributed by atoms with Gasteiger partial charge in [0.1, 0.15) is 5.75 Å². The highest BCUT2D eigenvalue weighted by molar-refractivity contribution is 6.04. The van der Waals surface area contributed by atoms with E-state index in [2.05, 4.69) is 12.2 Å². The highest BCUT2D eigenvalue weighted by Crippen LogP contribution is 2.21. The molecule has 0 radical (unpaired) electrons. The zero-order chi connectivity index (χ0) is 20.6. The Morgan fingerprint density at radius 2 is 1.66 bits per heavy atom. The third kappa shape index (κ3) is 5.59. The molecule has 1 fully saturated rings. The van der Waals surface area contributed by atoms with Gasteiger partial charge in [0.25, 0.3) is 11.8 Å². The zero-order valence-corrected chi connectivity index (χ0v) is 17.3. The molecule has 5 nitrogen and oxygen atoms in total. The van der Waals surface area contributed by atoms with Gasteiger partial charge in [0.05, 0.1) is 11.3 Å². The first kappa shape index (κ1) is 20.9. The standard InChI is InChI=1S/C24H30N2O3/c1-3-19-12-14-20(15-13-19)29-18(2)23(27)25-22-11-7-6-10-21(22)24(28)26-16-8-4-5-9-17-26/h6-7,10-15,18H,3-5,8-9,16-17H2,1-2H3,(H,25,27)/t18-/m1/s1. The molecule has 1 aliphatic heterocycles. The zero-order valence-electron chi connectivity index (χ0n) is 17.3. The van der Waals surface area contributed by atoms with E-state index in [0.717, 1.165) is 45.2 Å². The van der Waals surface area contributed by atoms with Crippen molar-refractivity contribution in [1.82, 2.24) is 4.90 Å². The van der Waals surface area contributed by atoms with Crippen LogP contribution in [0.2, 0.25) is 0 Å². The number of likely N-dealkylation sites (tertiary alicyclic amines) is 1. The Labute approximate surface area is 173 Å². The largest absolute Gasteiger partial charge is 0.481 e. The van der Waals surface area contributed by atoms with E-state index >= 15 is 0 Å². The SMILES string of the molecule is CCc1ccc(O[C@H](C)C(=O)Nc2ccccc2C(=O)N2CCCCCC2)cc1. The van der Waals surface area contributed by atoms with Gasteiger partial charge in [-0.15, -0.1) is 0 Å². The fourth-order valence-corrected chi connectivity index (χ4v) is 3.52. The molecule has 2 amide bonds. The summed E-state index contributed by atoms with van der Waals surface area (Å²) in [6, 6.07) is 14.9. The molecular formula is C24H30N2O3. The molecule has 1 N–H and O–H groups in total. The van der Waals surface area contributed by atoms with Crippen molar-refractivity contribution in [2.45, 2.75) is 52.1 Å². The van der Waals surface area contributed by atoms with E-state index in [4.69, 9.17) is 4.74 Å². The van der Waals surface area contributed by atoms with Gasteiger partial charge in [0.2, 0.25) is 0 Å². The molecule has 0 bridgehead atoms. The number of hydrogen-bond donors (Lipinski definition) is 1. The highest BCUT2D eigenvalue weighted by Gasteiger charge is 2.22. The van der Waals surface area contributed by atoms with E-state index < -0.39 is 6.10 Å². The van der Waals surface area contributed by atoms with Gasteiger partial charge in [0, 0.05) is 13.1 Å². The molecule has 154 valence electrons. The molecule has 0 aromatic heterocycles. The minimum Gasteiger partial charge on any atom is -0.481 e. The van der Waals surface area contributed by atoms with Crippen LogP contribution in [0, 0.1) is 0 Å². The van der Waals surface area contributed by atoms with E-state index in [1.165, 1.54) is 5.56 Å². The summed E-state index contributed by atoms with van der Waals surface area (Å²) in [7, 11) is 0. The monoisotopic (exact) mass is 394 g/mol. The molecule has 1 atom stereocenters. The number of amides is 2. The number of nitrogens with one attached hydrogen (secondary N) is 1. The second-order valence-corrected chi connectivity index (χ2v) is 7.50.